The Labute approximate surface area is 397 Å². The fourth-order valence-corrected chi connectivity index (χ4v) is 11.7. The van der Waals surface area contributed by atoms with Crippen molar-refractivity contribution in [2.24, 2.45) is 10.9 Å². The molecule has 1 saturated heterocycles. The van der Waals surface area contributed by atoms with Gasteiger partial charge in [-0.15, -0.1) is 32.9 Å². The van der Waals surface area contributed by atoms with E-state index in [2.05, 4.69) is 62.8 Å². The van der Waals surface area contributed by atoms with Gasteiger partial charge in [0.15, 0.2) is 17.5 Å². The molecule has 0 saturated carbocycles. The van der Waals surface area contributed by atoms with Crippen LogP contribution in [-0.2, 0) is 6.42 Å². The molecule has 1 fully saturated rings. The van der Waals surface area contributed by atoms with Crippen molar-refractivity contribution in [3.05, 3.63) is 154 Å². The lowest BCUT2D eigenvalue weighted by Crippen LogP contribution is -2.36. The Morgan fingerprint density at radius 3 is 2.28 bits per heavy atom. The highest BCUT2D eigenvalue weighted by Gasteiger charge is 2.32. The molecule has 4 aromatic heterocycles. The second kappa shape index (κ2) is 19.3. The molecule has 12 nitrogen and oxygen atoms in total. The van der Waals surface area contributed by atoms with Gasteiger partial charge in [-0.3, -0.25) is 19.3 Å². The van der Waals surface area contributed by atoms with Crippen molar-refractivity contribution in [3.8, 4) is 38.4 Å². The molecule has 4 aromatic carbocycles. The first-order chi connectivity index (χ1) is 32.7. The number of carbonyl (C=O) groups excluding carboxylic acids is 1. The zero-order valence-corrected chi connectivity index (χ0v) is 39.4. The molecule has 0 amide bonds. The monoisotopic (exact) mass is 932 g/mol. The second-order valence-electron chi connectivity index (χ2n) is 17.4. The van der Waals surface area contributed by atoms with Gasteiger partial charge in [-0.05, 0) is 168 Å². The Morgan fingerprint density at radius 1 is 0.821 bits per heavy atom. The molecule has 67 heavy (non-hydrogen) atoms. The summed E-state index contributed by atoms with van der Waals surface area (Å²) in [5.74, 6) is 4.75. The minimum Gasteiger partial charge on any atom is -0.508 e. The summed E-state index contributed by atoms with van der Waals surface area (Å²) in [7, 11) is 0. The third kappa shape index (κ3) is 9.38. The molecule has 1 atom stereocenters. The van der Waals surface area contributed by atoms with E-state index in [1.165, 1.54) is 41.0 Å². The number of phenolic OH excluding ortho intramolecular Hbond substituents is 2. The molecular formula is C53H52N6O6S2. The number of likely N-dealkylation sites (tertiary alicyclic amines) is 1. The quantitative estimate of drug-likeness (QED) is 0.0708. The number of ether oxygens (including phenoxy) is 2. The second-order valence-corrected chi connectivity index (χ2v) is 19.7. The Bertz CT molecular complexity index is 3040. The van der Waals surface area contributed by atoms with E-state index in [1.807, 2.05) is 31.2 Å². The Hall–Kier alpha value is -6.61. The van der Waals surface area contributed by atoms with Gasteiger partial charge >= 0.3 is 0 Å². The number of aliphatic imine (C=N–C) groups is 1. The third-order valence-electron chi connectivity index (χ3n) is 13.0. The molecule has 2 aliphatic heterocycles. The summed E-state index contributed by atoms with van der Waals surface area (Å²) in [6, 6.07) is 27.3. The number of hydrogen-bond donors (Lipinski definition) is 2. The Kier molecular flexibility index (Phi) is 12.8. The molecule has 0 radical (unpaired) electrons. The van der Waals surface area contributed by atoms with Crippen molar-refractivity contribution in [1.82, 2.24) is 24.6 Å². The fourth-order valence-electron chi connectivity index (χ4n) is 9.24. The number of benzene rings is 4. The first-order valence-corrected chi connectivity index (χ1v) is 24.6. The Morgan fingerprint density at radius 2 is 1.54 bits per heavy atom. The molecule has 10 rings (SSSR count). The predicted octanol–water partition coefficient (Wildman–Crippen LogP) is 11.2. The summed E-state index contributed by atoms with van der Waals surface area (Å²) in [5.41, 5.74) is 6.25. The van der Waals surface area contributed by atoms with Crippen LogP contribution >= 0.6 is 22.7 Å². The van der Waals surface area contributed by atoms with Crippen LogP contribution < -0.4 is 9.47 Å². The number of hydrogen-bond acceptors (Lipinski definition) is 13. The SMILES string of the molecule is Cc1sc2c(c1C)C(c1ccc(OCCCCC3CCN(CCOc4ccc(C(=O)c5c(-c6ccc(O)cc6)sc6cc(O)ccc56)cc4)CC3)cc1)=N[C@@H](Cc1ncco1)c1nnc(C)n1-2. The van der Waals surface area contributed by atoms with Crippen LogP contribution in [0.4, 0.5) is 0 Å². The molecule has 0 bridgehead atoms. The highest BCUT2D eigenvalue weighted by atomic mass is 32.1. The van der Waals surface area contributed by atoms with Gasteiger partial charge in [0.25, 0.3) is 0 Å². The summed E-state index contributed by atoms with van der Waals surface area (Å²) in [4.78, 5) is 28.2. The average Bonchev–Trinajstić information content (AvgIpc) is 4.13. The number of nitrogens with zero attached hydrogens (tertiary/aromatic N) is 6. The number of aryl methyl sites for hydroxylation is 2. The lowest BCUT2D eigenvalue weighted by molar-refractivity contribution is 0.104. The maximum Gasteiger partial charge on any atom is 0.196 e. The molecular weight excluding hydrogens is 881 g/mol. The van der Waals surface area contributed by atoms with Crippen LogP contribution in [-0.4, -0.2) is 79.2 Å². The van der Waals surface area contributed by atoms with Gasteiger partial charge in [0, 0.05) is 48.6 Å². The predicted molar refractivity (Wildman–Crippen MR) is 263 cm³/mol. The number of unbranched alkanes of at least 4 members (excludes halogenated alkanes) is 1. The van der Waals surface area contributed by atoms with Crippen LogP contribution in [0.15, 0.2) is 113 Å². The number of fused-ring (bicyclic) bond motifs is 4. The number of aromatic hydroxyl groups is 2. The third-order valence-corrected chi connectivity index (χ3v) is 15.4. The number of carbonyl (C=O) groups is 1. The van der Waals surface area contributed by atoms with Crippen LogP contribution in [0.1, 0.15) is 93.2 Å². The summed E-state index contributed by atoms with van der Waals surface area (Å²) in [6.07, 6.45) is 9.47. The zero-order chi connectivity index (χ0) is 46.0. The lowest BCUT2D eigenvalue weighted by Gasteiger charge is -2.31. The first kappa shape index (κ1) is 44.2. The van der Waals surface area contributed by atoms with E-state index < -0.39 is 0 Å². The highest BCUT2D eigenvalue weighted by molar-refractivity contribution is 7.22. The summed E-state index contributed by atoms with van der Waals surface area (Å²) < 4.78 is 21.0. The number of rotatable bonds is 16. The number of piperidine rings is 1. The van der Waals surface area contributed by atoms with Gasteiger partial charge in [-0.25, -0.2) is 4.98 Å². The van der Waals surface area contributed by atoms with E-state index in [-0.39, 0.29) is 23.3 Å². The zero-order valence-electron chi connectivity index (χ0n) is 37.8. The van der Waals surface area contributed by atoms with E-state index in [9.17, 15) is 15.0 Å². The lowest BCUT2D eigenvalue weighted by atomic mass is 9.91. The molecule has 0 unspecified atom stereocenters. The molecule has 14 heteroatoms. The van der Waals surface area contributed by atoms with Crippen LogP contribution in [0.2, 0.25) is 0 Å². The smallest absolute Gasteiger partial charge is 0.196 e. The summed E-state index contributed by atoms with van der Waals surface area (Å²) in [6.45, 7) is 10.6. The van der Waals surface area contributed by atoms with Crippen molar-refractivity contribution >= 4 is 44.3 Å². The summed E-state index contributed by atoms with van der Waals surface area (Å²) in [5, 5.41) is 30.9. The topological polar surface area (TPSA) is 148 Å². The van der Waals surface area contributed by atoms with Crippen LogP contribution in [0.25, 0.3) is 25.5 Å². The van der Waals surface area contributed by atoms with Crippen molar-refractivity contribution in [2.45, 2.75) is 65.3 Å². The van der Waals surface area contributed by atoms with Gasteiger partial charge < -0.3 is 24.1 Å². The van der Waals surface area contributed by atoms with Crippen molar-refractivity contribution in [2.75, 3.05) is 32.8 Å². The molecule has 0 spiro atoms. The normalized spacial score (nSPS) is 15.3. The largest absolute Gasteiger partial charge is 0.508 e. The maximum atomic E-state index is 14.0. The van der Waals surface area contributed by atoms with E-state index in [0.29, 0.717) is 36.7 Å². The van der Waals surface area contributed by atoms with Gasteiger partial charge in [-0.1, -0.05) is 6.42 Å². The number of phenols is 2. The maximum absolute atomic E-state index is 14.0. The van der Waals surface area contributed by atoms with Crippen LogP contribution in [0, 0.1) is 26.7 Å². The van der Waals surface area contributed by atoms with Crippen molar-refractivity contribution in [1.29, 1.82) is 0 Å². The van der Waals surface area contributed by atoms with Gasteiger partial charge in [0.05, 0.1) is 24.9 Å². The molecule has 2 aliphatic rings. The minimum atomic E-state index is -0.310. The Balaban J connectivity index is 0.672. The van der Waals surface area contributed by atoms with E-state index in [4.69, 9.17) is 18.9 Å². The van der Waals surface area contributed by atoms with E-state index >= 15 is 0 Å². The highest BCUT2D eigenvalue weighted by Crippen LogP contribution is 2.42. The number of thiophene rings is 2. The van der Waals surface area contributed by atoms with E-state index in [1.54, 1.807) is 66.3 Å². The fraction of sp³-hybridized carbons (Fsp3) is 0.302. The van der Waals surface area contributed by atoms with Gasteiger partial charge in [0.2, 0.25) is 0 Å². The standard InChI is InChI=1S/C53H52N6O6S2/c1-32-33(2)66-53-47(32)49(55-44(31-46-54-23-28-65-46)52-57-56-34(3)59(52)53)36-9-16-41(17-10-36)63-27-5-4-6-35-21-24-58(25-22-35)26-29-64-42-18-11-37(12-19-42)50(62)48-43-20-15-40(61)30-45(43)67-51(48)38-7-13-39(60)14-8-38/h7-20,23,28,30,35,44,60-61H,4-6,21-22,24-27,29,31H2,1-3H3/t44-/m0/s1. The molecule has 0 aliphatic carbocycles. The number of ketones is 1. The molecule has 8 aromatic rings. The minimum absolute atomic E-state index is 0.102. The van der Waals surface area contributed by atoms with Gasteiger partial charge in [0.1, 0.15) is 52.7 Å². The van der Waals surface area contributed by atoms with Crippen molar-refractivity contribution < 1.29 is 28.9 Å². The van der Waals surface area contributed by atoms with E-state index in [0.717, 1.165) is 104 Å². The molecule has 6 heterocycles. The van der Waals surface area contributed by atoms with Gasteiger partial charge in [-0.2, -0.15) is 0 Å². The number of oxazole rings is 1. The average molecular weight is 933 g/mol. The van der Waals surface area contributed by atoms with Crippen molar-refractivity contribution in [3.63, 3.8) is 0 Å². The van der Waals surface area contributed by atoms with Crippen LogP contribution in [0.3, 0.4) is 0 Å². The molecule has 342 valence electrons. The van der Waals surface area contributed by atoms with Crippen LogP contribution in [0.5, 0.6) is 23.0 Å². The summed E-state index contributed by atoms with van der Waals surface area (Å²) >= 11 is 3.20. The molecule has 2 N–H and O–H groups in total. The first-order valence-electron chi connectivity index (χ1n) is 22.9. The number of aromatic nitrogens is 4.